The molecule has 0 aliphatic rings. The van der Waals surface area contributed by atoms with Gasteiger partial charge in [-0.25, -0.2) is 8.78 Å². The number of aromatic nitrogens is 2. The first-order valence-electron chi connectivity index (χ1n) is 6.20. The molecule has 17 heavy (non-hydrogen) atoms. The van der Waals surface area contributed by atoms with Crippen molar-refractivity contribution in [2.45, 2.75) is 53.1 Å². The molecule has 0 unspecified atom stereocenters. The van der Waals surface area contributed by atoms with Crippen LogP contribution in [0.25, 0.3) is 0 Å². The van der Waals surface area contributed by atoms with E-state index in [2.05, 4.69) is 10.4 Å². The number of hydrogen-bond donors (Lipinski definition) is 1. The maximum absolute atomic E-state index is 12.5. The van der Waals surface area contributed by atoms with Crippen molar-refractivity contribution in [3.8, 4) is 0 Å². The fraction of sp³-hybridized carbons (Fsp3) is 0.750. The number of nitrogens with one attached hydrogen (secondary N) is 1. The van der Waals surface area contributed by atoms with Gasteiger partial charge in [-0.1, -0.05) is 20.8 Å². The van der Waals surface area contributed by atoms with E-state index in [1.54, 1.807) is 0 Å². The van der Waals surface area contributed by atoms with Gasteiger partial charge < -0.3 is 5.32 Å². The zero-order valence-electron chi connectivity index (χ0n) is 10.8. The lowest BCUT2D eigenvalue weighted by Gasteiger charge is -2.07. The molecule has 0 fully saturated rings. The van der Waals surface area contributed by atoms with Gasteiger partial charge in [0.25, 0.3) is 6.43 Å². The lowest BCUT2D eigenvalue weighted by Crippen LogP contribution is -2.15. The number of aryl methyl sites for hydroxylation is 1. The Morgan fingerprint density at radius 2 is 1.94 bits per heavy atom. The summed E-state index contributed by atoms with van der Waals surface area (Å²) >= 11 is 0. The standard InChI is InChI=1S/C12H21F2N3/c1-4-10-9(7-15-6-3)11(5-2)17(16-10)8-12(13)14/h12,15H,4-8H2,1-3H3. The van der Waals surface area contributed by atoms with Gasteiger partial charge >= 0.3 is 0 Å². The molecule has 0 aromatic carbocycles. The summed E-state index contributed by atoms with van der Waals surface area (Å²) < 4.78 is 26.4. The normalized spacial score (nSPS) is 11.4. The van der Waals surface area contributed by atoms with Gasteiger partial charge in [-0.15, -0.1) is 0 Å². The Morgan fingerprint density at radius 3 is 2.41 bits per heavy atom. The molecule has 0 bridgehead atoms. The van der Waals surface area contributed by atoms with Crippen LogP contribution in [0, 0.1) is 0 Å². The van der Waals surface area contributed by atoms with E-state index in [0.29, 0.717) is 6.54 Å². The average molecular weight is 245 g/mol. The Kier molecular flexibility index (Phi) is 5.55. The Balaban J connectivity index is 3.02. The number of rotatable bonds is 7. The topological polar surface area (TPSA) is 29.9 Å². The molecule has 1 rings (SSSR count). The van der Waals surface area contributed by atoms with E-state index in [1.165, 1.54) is 4.68 Å². The van der Waals surface area contributed by atoms with Crippen LogP contribution in [0.1, 0.15) is 37.7 Å². The minimum absolute atomic E-state index is 0.303. The minimum atomic E-state index is -2.35. The zero-order valence-corrected chi connectivity index (χ0v) is 10.8. The second-order valence-electron chi connectivity index (χ2n) is 3.93. The molecule has 0 spiro atoms. The van der Waals surface area contributed by atoms with Crippen molar-refractivity contribution in [3.05, 3.63) is 17.0 Å². The van der Waals surface area contributed by atoms with Crippen molar-refractivity contribution < 1.29 is 8.78 Å². The van der Waals surface area contributed by atoms with Crippen molar-refractivity contribution >= 4 is 0 Å². The van der Waals surface area contributed by atoms with Gasteiger partial charge in [0.15, 0.2) is 0 Å². The largest absolute Gasteiger partial charge is 0.313 e. The number of alkyl halides is 2. The molecule has 5 heteroatoms. The summed E-state index contributed by atoms with van der Waals surface area (Å²) in [5.74, 6) is 0. The molecule has 0 aliphatic carbocycles. The van der Waals surface area contributed by atoms with Crippen LogP contribution in [-0.2, 0) is 25.9 Å². The first kappa shape index (κ1) is 14.1. The van der Waals surface area contributed by atoms with Crippen molar-refractivity contribution in [1.29, 1.82) is 0 Å². The molecule has 1 aromatic heterocycles. The Morgan fingerprint density at radius 1 is 1.24 bits per heavy atom. The highest BCUT2D eigenvalue weighted by Gasteiger charge is 2.17. The molecule has 3 nitrogen and oxygen atoms in total. The molecule has 98 valence electrons. The molecule has 1 heterocycles. The van der Waals surface area contributed by atoms with Gasteiger partial charge in [0.05, 0.1) is 5.69 Å². The van der Waals surface area contributed by atoms with E-state index in [1.807, 2.05) is 20.8 Å². The molecule has 1 aromatic rings. The lowest BCUT2D eigenvalue weighted by molar-refractivity contribution is 0.120. The molecule has 0 amide bonds. The van der Waals surface area contributed by atoms with E-state index < -0.39 is 6.43 Å². The van der Waals surface area contributed by atoms with Crippen molar-refractivity contribution in [2.24, 2.45) is 0 Å². The van der Waals surface area contributed by atoms with Crippen LogP contribution in [0.5, 0.6) is 0 Å². The second kappa shape index (κ2) is 6.69. The third-order valence-electron chi connectivity index (χ3n) is 2.78. The fourth-order valence-electron chi connectivity index (χ4n) is 2.00. The maximum Gasteiger partial charge on any atom is 0.257 e. The maximum atomic E-state index is 12.5. The van der Waals surface area contributed by atoms with Gasteiger partial charge in [-0.3, -0.25) is 4.68 Å². The summed E-state index contributed by atoms with van der Waals surface area (Å²) in [6.45, 7) is 7.29. The third-order valence-corrected chi connectivity index (χ3v) is 2.78. The smallest absolute Gasteiger partial charge is 0.257 e. The third kappa shape index (κ3) is 3.49. The quantitative estimate of drug-likeness (QED) is 0.799. The Bertz CT molecular complexity index is 348. The predicted octanol–water partition coefficient (Wildman–Crippen LogP) is 2.38. The Hall–Kier alpha value is -0.970. The zero-order chi connectivity index (χ0) is 12.8. The van der Waals surface area contributed by atoms with Gasteiger partial charge in [0, 0.05) is 17.8 Å². The molecular weight excluding hydrogens is 224 g/mol. The van der Waals surface area contributed by atoms with Crippen LogP contribution in [0.3, 0.4) is 0 Å². The highest BCUT2D eigenvalue weighted by atomic mass is 19.3. The van der Waals surface area contributed by atoms with Crippen LogP contribution in [-0.4, -0.2) is 22.8 Å². The van der Waals surface area contributed by atoms with Crippen molar-refractivity contribution in [1.82, 2.24) is 15.1 Å². The van der Waals surface area contributed by atoms with E-state index >= 15 is 0 Å². The van der Waals surface area contributed by atoms with E-state index in [-0.39, 0.29) is 6.54 Å². The van der Waals surface area contributed by atoms with E-state index in [4.69, 9.17) is 0 Å². The van der Waals surface area contributed by atoms with Crippen molar-refractivity contribution in [2.75, 3.05) is 6.54 Å². The predicted molar refractivity (Wildman–Crippen MR) is 64.4 cm³/mol. The van der Waals surface area contributed by atoms with Gasteiger partial charge in [-0.05, 0) is 19.4 Å². The van der Waals surface area contributed by atoms with E-state index in [9.17, 15) is 8.78 Å². The SMILES string of the molecule is CCNCc1c(CC)nn(CC(F)F)c1CC. The van der Waals surface area contributed by atoms with Crippen LogP contribution >= 0.6 is 0 Å². The molecule has 1 N–H and O–H groups in total. The van der Waals surface area contributed by atoms with Crippen LogP contribution in [0.15, 0.2) is 0 Å². The van der Waals surface area contributed by atoms with Crippen molar-refractivity contribution in [3.63, 3.8) is 0 Å². The summed E-state index contributed by atoms with van der Waals surface area (Å²) in [5, 5.41) is 7.53. The van der Waals surface area contributed by atoms with Gasteiger partial charge in [-0.2, -0.15) is 5.10 Å². The average Bonchev–Trinajstić information content (AvgIpc) is 2.62. The second-order valence-corrected chi connectivity index (χ2v) is 3.93. The van der Waals surface area contributed by atoms with Gasteiger partial charge in [0.2, 0.25) is 0 Å². The summed E-state index contributed by atoms with van der Waals surface area (Å²) in [7, 11) is 0. The van der Waals surface area contributed by atoms with Crippen LogP contribution < -0.4 is 5.32 Å². The van der Waals surface area contributed by atoms with Crippen LogP contribution in [0.4, 0.5) is 8.78 Å². The molecule has 0 saturated carbocycles. The summed E-state index contributed by atoms with van der Waals surface area (Å²) in [6.07, 6.45) is -0.832. The monoisotopic (exact) mass is 245 g/mol. The molecule has 0 atom stereocenters. The highest BCUT2D eigenvalue weighted by Crippen LogP contribution is 2.17. The minimum Gasteiger partial charge on any atom is -0.313 e. The lowest BCUT2D eigenvalue weighted by atomic mass is 10.1. The summed E-state index contributed by atoms with van der Waals surface area (Å²) in [5.41, 5.74) is 2.96. The number of halogens is 2. The highest BCUT2D eigenvalue weighted by molar-refractivity contribution is 5.26. The van der Waals surface area contributed by atoms with E-state index in [0.717, 1.165) is 36.3 Å². The van der Waals surface area contributed by atoms with Crippen LogP contribution in [0.2, 0.25) is 0 Å². The number of nitrogens with zero attached hydrogens (tertiary/aromatic N) is 2. The molecular formula is C12H21F2N3. The summed E-state index contributed by atoms with van der Waals surface area (Å²) in [6, 6.07) is 0. The first-order valence-corrected chi connectivity index (χ1v) is 6.20. The molecule has 0 aliphatic heterocycles. The number of hydrogen-bond acceptors (Lipinski definition) is 2. The summed E-state index contributed by atoms with van der Waals surface area (Å²) in [4.78, 5) is 0. The molecule has 0 radical (unpaired) electrons. The molecule has 0 saturated heterocycles. The first-order chi connectivity index (χ1) is 8.13. The van der Waals surface area contributed by atoms with Gasteiger partial charge in [0.1, 0.15) is 6.54 Å². The fourth-order valence-corrected chi connectivity index (χ4v) is 2.00. The Labute approximate surface area is 101 Å².